The van der Waals surface area contributed by atoms with Gasteiger partial charge in [0.2, 0.25) is 0 Å². The van der Waals surface area contributed by atoms with Crippen molar-refractivity contribution in [3.05, 3.63) is 40.5 Å². The van der Waals surface area contributed by atoms with Gasteiger partial charge in [-0.1, -0.05) is 15.9 Å². The number of aryl methyl sites for hydroxylation is 1. The third kappa shape index (κ3) is 1.69. The van der Waals surface area contributed by atoms with Gasteiger partial charge in [-0.25, -0.2) is 4.79 Å². The Kier molecular flexibility index (Phi) is 2.33. The van der Waals surface area contributed by atoms with Gasteiger partial charge in [-0.05, 0) is 18.2 Å². The number of ether oxygens (including phenoxy) is 1. The number of carbonyl (C=O) groups is 1. The van der Waals surface area contributed by atoms with E-state index in [2.05, 4.69) is 32.6 Å². The van der Waals surface area contributed by atoms with Gasteiger partial charge in [0.1, 0.15) is 6.61 Å². The van der Waals surface area contributed by atoms with Crippen LogP contribution >= 0.6 is 15.9 Å². The normalized spacial score (nSPS) is 15.2. The van der Waals surface area contributed by atoms with Crippen LogP contribution in [0.15, 0.2) is 34.9 Å². The molecule has 0 N–H and O–H groups in total. The Bertz CT molecular complexity index is 655. The zero-order valence-corrected chi connectivity index (χ0v) is 10.8. The number of carbonyl (C=O) groups excluding carboxylic acids is 1. The molecular weight excluding hydrogens is 282 g/mol. The first-order valence-electron chi connectivity index (χ1n) is 5.27. The minimum Gasteiger partial charge on any atom is -0.458 e. The van der Waals surface area contributed by atoms with Crippen LogP contribution in [-0.4, -0.2) is 17.1 Å². The molecule has 17 heavy (non-hydrogen) atoms. The average Bonchev–Trinajstić information content (AvgIpc) is 2.83. The van der Waals surface area contributed by atoms with Crippen molar-refractivity contribution in [1.29, 1.82) is 0 Å². The van der Waals surface area contributed by atoms with Gasteiger partial charge < -0.3 is 9.30 Å². The number of aromatic nitrogens is 1. The Morgan fingerprint density at radius 1 is 1.41 bits per heavy atom. The zero-order chi connectivity index (χ0) is 12.0. The van der Waals surface area contributed by atoms with Gasteiger partial charge in [0.15, 0.2) is 0 Å². The highest BCUT2D eigenvalue weighted by Crippen LogP contribution is 2.31. The number of cyclic esters (lactones) is 1. The van der Waals surface area contributed by atoms with E-state index in [0.29, 0.717) is 6.61 Å². The molecule has 0 spiro atoms. The van der Waals surface area contributed by atoms with Gasteiger partial charge in [-0.15, -0.1) is 0 Å². The monoisotopic (exact) mass is 291 g/mol. The third-order valence-electron chi connectivity index (χ3n) is 2.96. The molecule has 0 amide bonds. The summed E-state index contributed by atoms with van der Waals surface area (Å²) in [6.45, 7) is 0.366. The lowest BCUT2D eigenvalue weighted by molar-refractivity contribution is -0.134. The van der Waals surface area contributed by atoms with Crippen molar-refractivity contribution in [2.24, 2.45) is 7.05 Å². The van der Waals surface area contributed by atoms with Crippen molar-refractivity contribution in [2.45, 2.75) is 0 Å². The Labute approximate surface area is 107 Å². The van der Waals surface area contributed by atoms with E-state index in [9.17, 15) is 4.79 Å². The van der Waals surface area contributed by atoms with Gasteiger partial charge in [0.05, 0.1) is 0 Å². The Balaban J connectivity index is 2.26. The molecule has 1 aromatic carbocycles. The van der Waals surface area contributed by atoms with Crippen molar-refractivity contribution in [2.75, 3.05) is 6.61 Å². The molecule has 1 aliphatic heterocycles. The average molecular weight is 292 g/mol. The molecule has 2 aromatic rings. The van der Waals surface area contributed by atoms with Crippen LogP contribution in [0.1, 0.15) is 5.56 Å². The van der Waals surface area contributed by atoms with Gasteiger partial charge >= 0.3 is 5.97 Å². The fourth-order valence-electron chi connectivity index (χ4n) is 2.15. The van der Waals surface area contributed by atoms with E-state index in [1.807, 2.05) is 19.3 Å². The van der Waals surface area contributed by atoms with Crippen molar-refractivity contribution in [3.8, 4) is 0 Å². The molecule has 0 fully saturated rings. The summed E-state index contributed by atoms with van der Waals surface area (Å²) in [5.74, 6) is -0.257. The van der Waals surface area contributed by atoms with Crippen LogP contribution < -0.4 is 0 Å². The van der Waals surface area contributed by atoms with Crippen LogP contribution in [0.3, 0.4) is 0 Å². The summed E-state index contributed by atoms with van der Waals surface area (Å²) in [7, 11) is 2.00. The van der Waals surface area contributed by atoms with Crippen molar-refractivity contribution in [1.82, 2.24) is 4.57 Å². The Morgan fingerprint density at radius 2 is 2.24 bits per heavy atom. The second-order valence-corrected chi connectivity index (χ2v) is 5.01. The first-order valence-corrected chi connectivity index (χ1v) is 6.07. The standard InChI is InChI=1S/C13H10BrNO2/c1-15-6-11(8-4-13(16)17-7-8)10-5-9(14)2-3-12(10)15/h2-6H,7H2,1H3. The van der Waals surface area contributed by atoms with Gasteiger partial charge in [-0.3, -0.25) is 0 Å². The number of fused-ring (bicyclic) bond motifs is 1. The van der Waals surface area contributed by atoms with Crippen LogP contribution in [0.2, 0.25) is 0 Å². The molecule has 0 unspecified atom stereocenters. The Morgan fingerprint density at radius 3 is 2.94 bits per heavy atom. The van der Waals surface area contributed by atoms with E-state index in [0.717, 1.165) is 26.5 Å². The summed E-state index contributed by atoms with van der Waals surface area (Å²) in [5.41, 5.74) is 3.15. The maximum Gasteiger partial charge on any atom is 0.331 e. The lowest BCUT2D eigenvalue weighted by Gasteiger charge is -1.99. The van der Waals surface area contributed by atoms with Crippen LogP contribution in [0.25, 0.3) is 16.5 Å². The molecule has 0 bridgehead atoms. The molecule has 86 valence electrons. The molecule has 3 nitrogen and oxygen atoms in total. The van der Waals surface area contributed by atoms with E-state index in [1.54, 1.807) is 6.08 Å². The van der Waals surface area contributed by atoms with E-state index < -0.39 is 0 Å². The third-order valence-corrected chi connectivity index (χ3v) is 3.45. The highest BCUT2D eigenvalue weighted by Gasteiger charge is 2.18. The van der Waals surface area contributed by atoms with E-state index in [4.69, 9.17) is 4.74 Å². The zero-order valence-electron chi connectivity index (χ0n) is 9.24. The molecule has 0 saturated heterocycles. The minimum atomic E-state index is -0.257. The van der Waals surface area contributed by atoms with Crippen LogP contribution in [0.4, 0.5) is 0 Å². The predicted octanol–water partition coefficient (Wildman–Crippen LogP) is 2.88. The highest BCUT2D eigenvalue weighted by molar-refractivity contribution is 9.10. The van der Waals surface area contributed by atoms with Gasteiger partial charge in [0.25, 0.3) is 0 Å². The maximum atomic E-state index is 11.1. The number of rotatable bonds is 1. The summed E-state index contributed by atoms with van der Waals surface area (Å²) in [4.78, 5) is 11.1. The lowest BCUT2D eigenvalue weighted by Crippen LogP contribution is -1.91. The first-order chi connectivity index (χ1) is 8.15. The molecule has 0 radical (unpaired) electrons. The molecule has 2 heterocycles. The molecule has 3 rings (SSSR count). The molecule has 4 heteroatoms. The second kappa shape index (κ2) is 3.74. The molecule has 1 aliphatic rings. The predicted molar refractivity (Wildman–Crippen MR) is 69.6 cm³/mol. The summed E-state index contributed by atoms with van der Waals surface area (Å²) in [6, 6.07) is 6.13. The van der Waals surface area contributed by atoms with Crippen molar-refractivity contribution < 1.29 is 9.53 Å². The smallest absolute Gasteiger partial charge is 0.331 e. The molecule has 0 saturated carbocycles. The summed E-state index contributed by atoms with van der Waals surface area (Å²) in [6.07, 6.45) is 3.60. The molecular formula is C13H10BrNO2. The number of hydrogen-bond acceptors (Lipinski definition) is 2. The number of benzene rings is 1. The summed E-state index contributed by atoms with van der Waals surface area (Å²) in [5, 5.41) is 1.13. The largest absolute Gasteiger partial charge is 0.458 e. The van der Waals surface area contributed by atoms with Crippen LogP contribution in [-0.2, 0) is 16.6 Å². The topological polar surface area (TPSA) is 31.2 Å². The van der Waals surface area contributed by atoms with Gasteiger partial charge in [-0.2, -0.15) is 0 Å². The summed E-state index contributed by atoms with van der Waals surface area (Å²) >= 11 is 3.47. The summed E-state index contributed by atoms with van der Waals surface area (Å²) < 4.78 is 8.04. The van der Waals surface area contributed by atoms with Crippen molar-refractivity contribution >= 4 is 38.4 Å². The minimum absolute atomic E-state index is 0.257. The van der Waals surface area contributed by atoms with E-state index in [-0.39, 0.29) is 5.97 Å². The number of nitrogens with zero attached hydrogens (tertiary/aromatic N) is 1. The SMILES string of the molecule is Cn1cc(C2=CC(=O)OC2)c2cc(Br)ccc21. The quantitative estimate of drug-likeness (QED) is 0.757. The molecule has 1 aromatic heterocycles. The second-order valence-electron chi connectivity index (χ2n) is 4.09. The van der Waals surface area contributed by atoms with E-state index in [1.165, 1.54) is 0 Å². The van der Waals surface area contributed by atoms with Gasteiger partial charge in [0, 0.05) is 45.8 Å². The maximum absolute atomic E-state index is 11.1. The van der Waals surface area contributed by atoms with Crippen molar-refractivity contribution in [3.63, 3.8) is 0 Å². The number of esters is 1. The number of halogens is 1. The first kappa shape index (κ1) is 10.6. The van der Waals surface area contributed by atoms with Crippen LogP contribution in [0.5, 0.6) is 0 Å². The molecule has 0 aliphatic carbocycles. The fourth-order valence-corrected chi connectivity index (χ4v) is 2.51. The Hall–Kier alpha value is -1.55. The lowest BCUT2D eigenvalue weighted by atomic mass is 10.1. The number of hydrogen-bond donors (Lipinski definition) is 0. The highest BCUT2D eigenvalue weighted by atomic mass is 79.9. The van der Waals surface area contributed by atoms with Crippen LogP contribution in [0, 0.1) is 0 Å². The van der Waals surface area contributed by atoms with E-state index >= 15 is 0 Å². The fraction of sp³-hybridized carbons (Fsp3) is 0.154. The molecule has 0 atom stereocenters.